The minimum atomic E-state index is 0.289. The number of aliphatic imine (C=N–C) groups is 2. The fourth-order valence-electron chi connectivity index (χ4n) is 3.42. The van der Waals surface area contributed by atoms with E-state index in [1.807, 2.05) is 76.2 Å². The van der Waals surface area contributed by atoms with Crippen molar-refractivity contribution < 1.29 is 10.2 Å². The lowest BCUT2D eigenvalue weighted by atomic mass is 10.0. The molecule has 0 fully saturated rings. The third kappa shape index (κ3) is 4.95. The first-order valence-corrected chi connectivity index (χ1v) is 10.2. The quantitative estimate of drug-likeness (QED) is 0.474. The van der Waals surface area contributed by atoms with Gasteiger partial charge in [0.05, 0.1) is 11.4 Å². The van der Waals surface area contributed by atoms with Crippen LogP contribution in [0.5, 0.6) is 11.5 Å². The smallest absolute Gasteiger partial charge is 0.127 e. The molecule has 0 aliphatic rings. The average Bonchev–Trinajstić information content (AvgIpc) is 2.75. The molecular weight excluding hydrogens is 372 g/mol. The van der Waals surface area contributed by atoms with Crippen molar-refractivity contribution in [1.82, 2.24) is 0 Å². The molecule has 3 rings (SSSR count). The van der Waals surface area contributed by atoms with Gasteiger partial charge in [-0.3, -0.25) is 9.98 Å². The van der Waals surface area contributed by atoms with E-state index < -0.39 is 0 Å². The number of phenols is 2. The SMILES string of the molecule is CCc1cc(C)cc(C=Nc2ccc(N=Cc3cc(C)cc(CC)c3O)cc2)c1O. The molecule has 4 nitrogen and oxygen atoms in total. The van der Waals surface area contributed by atoms with Gasteiger partial charge in [-0.1, -0.05) is 26.0 Å². The van der Waals surface area contributed by atoms with Gasteiger partial charge in [0.1, 0.15) is 11.5 Å². The van der Waals surface area contributed by atoms with E-state index in [1.165, 1.54) is 0 Å². The molecule has 0 saturated heterocycles. The summed E-state index contributed by atoms with van der Waals surface area (Å²) in [6.07, 6.45) is 4.93. The standard InChI is InChI=1S/C26H28N2O2/c1-5-19-11-17(3)13-21(25(19)29)15-27-23-7-9-24(10-8-23)28-16-22-14-18(4)12-20(6-2)26(22)30/h7-16,29-30H,5-6H2,1-4H3. The number of aromatic hydroxyl groups is 2. The molecule has 4 heteroatoms. The van der Waals surface area contributed by atoms with Crippen LogP contribution in [0.15, 0.2) is 58.5 Å². The second kappa shape index (κ2) is 9.40. The Kier molecular flexibility index (Phi) is 6.68. The number of rotatable bonds is 6. The van der Waals surface area contributed by atoms with Crippen molar-refractivity contribution in [2.75, 3.05) is 0 Å². The van der Waals surface area contributed by atoms with Crippen molar-refractivity contribution in [3.63, 3.8) is 0 Å². The molecule has 2 N–H and O–H groups in total. The molecule has 0 amide bonds. The van der Waals surface area contributed by atoms with Gasteiger partial charge in [0.2, 0.25) is 0 Å². The van der Waals surface area contributed by atoms with Gasteiger partial charge in [-0.15, -0.1) is 0 Å². The first-order valence-electron chi connectivity index (χ1n) is 10.2. The Bertz CT molecular complexity index is 1010. The first kappa shape index (κ1) is 21.3. The fraction of sp³-hybridized carbons (Fsp3) is 0.231. The van der Waals surface area contributed by atoms with Crippen LogP contribution in [0.25, 0.3) is 0 Å². The molecule has 0 saturated carbocycles. The van der Waals surface area contributed by atoms with Crippen molar-refractivity contribution in [2.45, 2.75) is 40.5 Å². The lowest BCUT2D eigenvalue weighted by Gasteiger charge is -2.07. The van der Waals surface area contributed by atoms with Crippen LogP contribution in [-0.2, 0) is 12.8 Å². The summed E-state index contributed by atoms with van der Waals surface area (Å²) in [4.78, 5) is 8.97. The van der Waals surface area contributed by atoms with E-state index in [2.05, 4.69) is 9.98 Å². The summed E-state index contributed by atoms with van der Waals surface area (Å²) < 4.78 is 0. The molecule has 0 aliphatic heterocycles. The minimum Gasteiger partial charge on any atom is -0.507 e. The summed E-state index contributed by atoms with van der Waals surface area (Å²) in [5.74, 6) is 0.579. The van der Waals surface area contributed by atoms with E-state index in [0.29, 0.717) is 0 Å². The molecule has 0 spiro atoms. The molecule has 0 atom stereocenters. The number of nitrogens with zero attached hydrogens (tertiary/aromatic N) is 2. The zero-order valence-electron chi connectivity index (χ0n) is 18.0. The highest BCUT2D eigenvalue weighted by molar-refractivity contribution is 5.87. The van der Waals surface area contributed by atoms with Crippen LogP contribution >= 0.6 is 0 Å². The summed E-state index contributed by atoms with van der Waals surface area (Å²) in [6, 6.07) is 15.4. The molecule has 0 heterocycles. The molecular formula is C26H28N2O2. The van der Waals surface area contributed by atoms with Crippen molar-refractivity contribution in [3.05, 3.63) is 81.9 Å². The van der Waals surface area contributed by atoms with Gasteiger partial charge in [-0.05, 0) is 85.3 Å². The molecule has 154 valence electrons. The van der Waals surface area contributed by atoms with Crippen molar-refractivity contribution in [1.29, 1.82) is 0 Å². The normalized spacial score (nSPS) is 11.6. The van der Waals surface area contributed by atoms with E-state index in [1.54, 1.807) is 12.4 Å². The Morgan fingerprint density at radius 3 is 1.37 bits per heavy atom. The topological polar surface area (TPSA) is 65.2 Å². The summed E-state index contributed by atoms with van der Waals surface area (Å²) in [5.41, 5.74) is 7.03. The van der Waals surface area contributed by atoms with Crippen molar-refractivity contribution >= 4 is 23.8 Å². The van der Waals surface area contributed by atoms with E-state index in [0.717, 1.165) is 57.6 Å². The molecule has 0 radical (unpaired) electrons. The Morgan fingerprint density at radius 1 is 0.667 bits per heavy atom. The average molecular weight is 401 g/mol. The second-order valence-electron chi connectivity index (χ2n) is 7.46. The van der Waals surface area contributed by atoms with E-state index in [4.69, 9.17) is 0 Å². The number of aryl methyl sites for hydroxylation is 4. The van der Waals surface area contributed by atoms with Gasteiger partial charge in [0.15, 0.2) is 0 Å². The van der Waals surface area contributed by atoms with E-state index in [-0.39, 0.29) is 11.5 Å². The maximum atomic E-state index is 10.4. The van der Waals surface area contributed by atoms with Crippen LogP contribution in [0.3, 0.4) is 0 Å². The van der Waals surface area contributed by atoms with Crippen LogP contribution in [0.4, 0.5) is 11.4 Å². The second-order valence-corrected chi connectivity index (χ2v) is 7.46. The molecule has 3 aromatic carbocycles. The fourth-order valence-corrected chi connectivity index (χ4v) is 3.42. The zero-order valence-corrected chi connectivity index (χ0v) is 18.0. The van der Waals surface area contributed by atoms with Crippen molar-refractivity contribution in [3.8, 4) is 11.5 Å². The maximum Gasteiger partial charge on any atom is 0.127 e. The third-order valence-electron chi connectivity index (χ3n) is 5.04. The predicted molar refractivity (Wildman–Crippen MR) is 125 cm³/mol. The lowest BCUT2D eigenvalue weighted by molar-refractivity contribution is 0.467. The zero-order chi connectivity index (χ0) is 21.7. The van der Waals surface area contributed by atoms with E-state index in [9.17, 15) is 10.2 Å². The lowest BCUT2D eigenvalue weighted by Crippen LogP contribution is -1.91. The largest absolute Gasteiger partial charge is 0.507 e. The highest BCUT2D eigenvalue weighted by atomic mass is 16.3. The molecule has 0 bridgehead atoms. The Hall–Kier alpha value is -3.40. The van der Waals surface area contributed by atoms with Gasteiger partial charge >= 0.3 is 0 Å². The van der Waals surface area contributed by atoms with Crippen LogP contribution < -0.4 is 0 Å². The summed E-state index contributed by atoms with van der Waals surface area (Å²) in [6.45, 7) is 8.07. The summed E-state index contributed by atoms with van der Waals surface area (Å²) in [7, 11) is 0. The summed E-state index contributed by atoms with van der Waals surface area (Å²) >= 11 is 0. The molecule has 0 unspecified atom stereocenters. The van der Waals surface area contributed by atoms with Gasteiger partial charge in [0.25, 0.3) is 0 Å². The Balaban J connectivity index is 1.78. The molecule has 0 aromatic heterocycles. The van der Waals surface area contributed by atoms with Crippen molar-refractivity contribution in [2.24, 2.45) is 9.98 Å². The number of hydrogen-bond acceptors (Lipinski definition) is 4. The number of benzene rings is 3. The van der Waals surface area contributed by atoms with Gasteiger partial charge in [-0.2, -0.15) is 0 Å². The Labute approximate surface area is 178 Å². The van der Waals surface area contributed by atoms with Gasteiger partial charge in [0, 0.05) is 23.6 Å². The number of phenolic OH excluding ortho intramolecular Hbond substituents is 2. The highest BCUT2D eigenvalue weighted by Crippen LogP contribution is 2.26. The molecule has 3 aromatic rings. The minimum absolute atomic E-state index is 0.289. The van der Waals surface area contributed by atoms with E-state index >= 15 is 0 Å². The van der Waals surface area contributed by atoms with Crippen LogP contribution in [0, 0.1) is 13.8 Å². The molecule has 30 heavy (non-hydrogen) atoms. The van der Waals surface area contributed by atoms with Crippen LogP contribution in [0.2, 0.25) is 0 Å². The maximum absolute atomic E-state index is 10.4. The molecule has 0 aliphatic carbocycles. The first-order chi connectivity index (χ1) is 14.4. The highest BCUT2D eigenvalue weighted by Gasteiger charge is 2.07. The Morgan fingerprint density at radius 2 is 1.03 bits per heavy atom. The third-order valence-corrected chi connectivity index (χ3v) is 5.04. The van der Waals surface area contributed by atoms with Gasteiger partial charge < -0.3 is 10.2 Å². The van der Waals surface area contributed by atoms with Crippen LogP contribution in [-0.4, -0.2) is 22.6 Å². The predicted octanol–water partition coefficient (Wildman–Crippen LogP) is 6.34. The summed E-state index contributed by atoms with van der Waals surface area (Å²) in [5, 5.41) is 20.7. The number of hydrogen-bond donors (Lipinski definition) is 2. The monoisotopic (exact) mass is 400 g/mol. The van der Waals surface area contributed by atoms with Gasteiger partial charge in [-0.25, -0.2) is 0 Å². The van der Waals surface area contributed by atoms with Crippen LogP contribution in [0.1, 0.15) is 47.2 Å².